The van der Waals surface area contributed by atoms with E-state index in [-0.39, 0.29) is 16.8 Å². The van der Waals surface area contributed by atoms with Gasteiger partial charge in [-0.15, -0.1) is 0 Å². The second kappa shape index (κ2) is 8.36. The van der Waals surface area contributed by atoms with E-state index in [4.69, 9.17) is 16.3 Å². The molecule has 1 heterocycles. The minimum absolute atomic E-state index is 0.0516. The SMILES string of the molecule is COCCN1C(=O)c2ccccc2[C@@H](C(=O)Nc2ccc(F)c(Cl)c2)C12CCCC2. The first-order valence-corrected chi connectivity index (χ1v) is 10.5. The number of methoxy groups -OCH3 is 1. The zero-order chi connectivity index (χ0) is 21.3. The predicted molar refractivity (Wildman–Crippen MR) is 113 cm³/mol. The van der Waals surface area contributed by atoms with Crippen LogP contribution in [0.5, 0.6) is 0 Å². The van der Waals surface area contributed by atoms with Crippen LogP contribution in [-0.4, -0.2) is 42.5 Å². The first-order valence-electron chi connectivity index (χ1n) is 10.1. The lowest BCUT2D eigenvalue weighted by Gasteiger charge is -2.50. The van der Waals surface area contributed by atoms with Crippen LogP contribution >= 0.6 is 11.6 Å². The first-order chi connectivity index (χ1) is 14.5. The largest absolute Gasteiger partial charge is 0.383 e. The number of rotatable bonds is 5. The molecule has 1 spiro atoms. The standard InChI is InChI=1S/C23H24ClFN2O3/c1-30-13-12-27-22(29)17-7-3-2-6-16(17)20(23(27)10-4-5-11-23)21(28)26-15-8-9-19(25)18(24)14-15/h2-3,6-9,14,20H,4-5,10-13H2,1H3,(H,26,28)/t20-/m0/s1. The van der Waals surface area contributed by atoms with Crippen LogP contribution in [0.25, 0.3) is 0 Å². The van der Waals surface area contributed by atoms with Gasteiger partial charge in [0.1, 0.15) is 5.82 Å². The van der Waals surface area contributed by atoms with Gasteiger partial charge in [0.25, 0.3) is 5.91 Å². The molecule has 1 atom stereocenters. The summed E-state index contributed by atoms with van der Waals surface area (Å²) in [7, 11) is 1.60. The Balaban J connectivity index is 1.77. The van der Waals surface area contributed by atoms with Crippen molar-refractivity contribution in [3.05, 3.63) is 64.4 Å². The monoisotopic (exact) mass is 430 g/mol. The third kappa shape index (κ3) is 3.48. The Bertz CT molecular complexity index is 975. The number of carbonyl (C=O) groups is 2. The van der Waals surface area contributed by atoms with Crippen molar-refractivity contribution < 1.29 is 18.7 Å². The van der Waals surface area contributed by atoms with Gasteiger partial charge in [0.2, 0.25) is 5.91 Å². The van der Waals surface area contributed by atoms with Gasteiger partial charge in [0.15, 0.2) is 0 Å². The summed E-state index contributed by atoms with van der Waals surface area (Å²) in [5, 5.41) is 2.85. The molecule has 1 aliphatic heterocycles. The van der Waals surface area contributed by atoms with Crippen LogP contribution in [0.2, 0.25) is 5.02 Å². The van der Waals surface area contributed by atoms with Gasteiger partial charge in [-0.05, 0) is 42.7 Å². The number of nitrogens with zero attached hydrogens (tertiary/aromatic N) is 1. The van der Waals surface area contributed by atoms with E-state index in [1.165, 1.54) is 18.2 Å². The number of amides is 2. The normalized spacial score (nSPS) is 19.8. The Hall–Kier alpha value is -2.44. The average molecular weight is 431 g/mol. The number of halogens is 2. The van der Waals surface area contributed by atoms with Crippen LogP contribution in [0.4, 0.5) is 10.1 Å². The van der Waals surface area contributed by atoms with Crippen molar-refractivity contribution in [2.24, 2.45) is 0 Å². The van der Waals surface area contributed by atoms with E-state index in [1.54, 1.807) is 13.2 Å². The number of hydrogen-bond acceptors (Lipinski definition) is 3. The molecule has 2 aliphatic rings. The van der Waals surface area contributed by atoms with Crippen LogP contribution < -0.4 is 5.32 Å². The maximum atomic E-state index is 13.6. The molecular weight excluding hydrogens is 407 g/mol. The fraction of sp³-hybridized carbons (Fsp3) is 0.391. The molecule has 2 aromatic carbocycles. The van der Waals surface area contributed by atoms with Crippen LogP contribution in [0.15, 0.2) is 42.5 Å². The quantitative estimate of drug-likeness (QED) is 0.753. The zero-order valence-corrected chi connectivity index (χ0v) is 17.5. The highest BCUT2D eigenvalue weighted by atomic mass is 35.5. The summed E-state index contributed by atoms with van der Waals surface area (Å²) in [6.07, 6.45) is 3.40. The summed E-state index contributed by atoms with van der Waals surface area (Å²) in [5.74, 6) is -1.35. The average Bonchev–Trinajstić information content (AvgIpc) is 3.20. The van der Waals surface area contributed by atoms with Crippen molar-refractivity contribution in [1.29, 1.82) is 0 Å². The van der Waals surface area contributed by atoms with Gasteiger partial charge in [-0.3, -0.25) is 9.59 Å². The van der Waals surface area contributed by atoms with Crippen molar-refractivity contribution in [2.45, 2.75) is 37.1 Å². The van der Waals surface area contributed by atoms with Crippen molar-refractivity contribution in [1.82, 2.24) is 4.90 Å². The lowest BCUT2D eigenvalue weighted by atomic mass is 9.71. The van der Waals surface area contributed by atoms with Gasteiger partial charge in [-0.1, -0.05) is 42.6 Å². The maximum absolute atomic E-state index is 13.6. The predicted octanol–water partition coefficient (Wildman–Crippen LogP) is 4.62. The third-order valence-corrected chi connectivity index (χ3v) is 6.55. The van der Waals surface area contributed by atoms with Crippen molar-refractivity contribution >= 4 is 29.1 Å². The van der Waals surface area contributed by atoms with Crippen molar-refractivity contribution in [2.75, 3.05) is 25.6 Å². The molecule has 2 aromatic rings. The highest BCUT2D eigenvalue weighted by Crippen LogP contribution is 2.50. The van der Waals surface area contributed by atoms with Crippen LogP contribution in [0.1, 0.15) is 47.5 Å². The molecule has 1 N–H and O–H groups in total. The molecule has 1 saturated carbocycles. The van der Waals surface area contributed by atoms with Gasteiger partial charge in [-0.2, -0.15) is 0 Å². The molecule has 0 saturated heterocycles. The van der Waals surface area contributed by atoms with E-state index in [9.17, 15) is 14.0 Å². The first kappa shape index (κ1) is 20.8. The number of benzene rings is 2. The third-order valence-electron chi connectivity index (χ3n) is 6.26. The van der Waals surface area contributed by atoms with E-state index < -0.39 is 17.3 Å². The maximum Gasteiger partial charge on any atom is 0.254 e. The number of carbonyl (C=O) groups excluding carboxylic acids is 2. The number of hydrogen-bond donors (Lipinski definition) is 1. The number of ether oxygens (including phenoxy) is 1. The van der Waals surface area contributed by atoms with E-state index in [0.717, 1.165) is 31.2 Å². The Morgan fingerprint density at radius 2 is 2.00 bits per heavy atom. The van der Waals surface area contributed by atoms with Crippen LogP contribution in [-0.2, 0) is 9.53 Å². The Morgan fingerprint density at radius 1 is 1.27 bits per heavy atom. The zero-order valence-electron chi connectivity index (χ0n) is 16.8. The second-order valence-corrected chi connectivity index (χ2v) is 8.31. The van der Waals surface area contributed by atoms with Gasteiger partial charge in [0, 0.05) is 24.9 Å². The fourth-order valence-corrected chi connectivity index (χ4v) is 5.14. The lowest BCUT2D eigenvalue weighted by molar-refractivity contribution is -0.121. The summed E-state index contributed by atoms with van der Waals surface area (Å²) in [6.45, 7) is 0.827. The molecule has 158 valence electrons. The Morgan fingerprint density at radius 3 is 2.70 bits per heavy atom. The summed E-state index contributed by atoms with van der Waals surface area (Å²) >= 11 is 5.89. The summed E-state index contributed by atoms with van der Waals surface area (Å²) in [5.41, 5.74) is 1.11. The molecule has 30 heavy (non-hydrogen) atoms. The molecule has 1 aliphatic carbocycles. The Labute approximate surface area is 180 Å². The Kier molecular flexibility index (Phi) is 5.80. The topological polar surface area (TPSA) is 58.6 Å². The second-order valence-electron chi connectivity index (χ2n) is 7.90. The molecular formula is C23H24ClFN2O3. The molecule has 0 bridgehead atoms. The summed E-state index contributed by atoms with van der Waals surface area (Å²) < 4.78 is 18.8. The van der Waals surface area contributed by atoms with E-state index >= 15 is 0 Å². The fourth-order valence-electron chi connectivity index (χ4n) is 4.96. The summed E-state index contributed by atoms with van der Waals surface area (Å²) in [6, 6.07) is 11.4. The molecule has 0 radical (unpaired) electrons. The minimum Gasteiger partial charge on any atom is -0.383 e. The van der Waals surface area contributed by atoms with Crippen LogP contribution in [0, 0.1) is 5.82 Å². The highest BCUT2D eigenvalue weighted by molar-refractivity contribution is 6.31. The smallest absolute Gasteiger partial charge is 0.254 e. The van der Waals surface area contributed by atoms with Crippen molar-refractivity contribution in [3.63, 3.8) is 0 Å². The molecule has 2 amide bonds. The highest BCUT2D eigenvalue weighted by Gasteiger charge is 2.55. The van der Waals surface area contributed by atoms with Gasteiger partial charge < -0.3 is 15.0 Å². The number of anilines is 1. The molecule has 0 aromatic heterocycles. The molecule has 4 rings (SSSR count). The molecule has 7 heteroatoms. The van der Waals surface area contributed by atoms with Gasteiger partial charge >= 0.3 is 0 Å². The van der Waals surface area contributed by atoms with Gasteiger partial charge in [0.05, 0.1) is 23.1 Å². The molecule has 0 unspecified atom stereocenters. The number of fused-ring (bicyclic) bond motifs is 1. The summed E-state index contributed by atoms with van der Waals surface area (Å²) in [4.78, 5) is 28.8. The minimum atomic E-state index is -0.599. The van der Waals surface area contributed by atoms with E-state index in [1.807, 2.05) is 23.1 Å². The van der Waals surface area contributed by atoms with E-state index in [0.29, 0.717) is 24.4 Å². The van der Waals surface area contributed by atoms with Crippen molar-refractivity contribution in [3.8, 4) is 0 Å². The molecule has 5 nitrogen and oxygen atoms in total. The molecule has 1 fully saturated rings. The van der Waals surface area contributed by atoms with E-state index in [2.05, 4.69) is 5.32 Å². The van der Waals surface area contributed by atoms with Gasteiger partial charge in [-0.25, -0.2) is 4.39 Å². The van der Waals surface area contributed by atoms with Crippen LogP contribution in [0.3, 0.4) is 0 Å². The number of nitrogens with one attached hydrogen (secondary N) is 1. The lowest BCUT2D eigenvalue weighted by Crippen LogP contribution is -2.60.